The second kappa shape index (κ2) is 8.83. The van der Waals surface area contributed by atoms with E-state index >= 15 is 0 Å². The fourth-order valence-corrected chi connectivity index (χ4v) is 3.75. The summed E-state index contributed by atoms with van der Waals surface area (Å²) in [4.78, 5) is 12.4. The molecule has 4 aromatic rings. The van der Waals surface area contributed by atoms with Gasteiger partial charge in [-0.1, -0.05) is 47.6 Å². The number of anilines is 1. The number of nitrogens with two attached hydrogens (primary N) is 1. The molecule has 4 N–H and O–H groups in total. The quantitative estimate of drug-likeness (QED) is 0.299. The number of carbonyl (C=O) groups excluding carboxylic acids is 1. The number of H-pyrrole nitrogens is 1. The summed E-state index contributed by atoms with van der Waals surface area (Å²) in [6, 6.07) is 15.0. The van der Waals surface area contributed by atoms with Crippen molar-refractivity contribution in [3.8, 4) is 22.8 Å². The van der Waals surface area contributed by atoms with Crippen LogP contribution in [0.3, 0.4) is 0 Å². The monoisotopic (exact) mass is 453 g/mol. The van der Waals surface area contributed by atoms with Gasteiger partial charge >= 0.3 is 0 Å². The van der Waals surface area contributed by atoms with E-state index in [2.05, 4.69) is 25.7 Å². The lowest BCUT2D eigenvalue weighted by Crippen LogP contribution is -2.17. The Balaban J connectivity index is 1.43. The highest BCUT2D eigenvalue weighted by Crippen LogP contribution is 2.26. The summed E-state index contributed by atoms with van der Waals surface area (Å²) in [7, 11) is 0. The van der Waals surface area contributed by atoms with Crippen molar-refractivity contribution in [2.45, 2.75) is 19.0 Å². The summed E-state index contributed by atoms with van der Waals surface area (Å²) < 4.78 is 1.34. The minimum absolute atomic E-state index is 0.144. The first-order chi connectivity index (χ1) is 14.9. The molecule has 1 amide bonds. The van der Waals surface area contributed by atoms with Crippen molar-refractivity contribution in [3.63, 3.8) is 0 Å². The first kappa shape index (κ1) is 21.0. The molecule has 0 fully saturated rings. The lowest BCUT2D eigenvalue weighted by atomic mass is 10.1. The molecule has 8 nitrogen and oxygen atoms in total. The zero-order valence-corrected chi connectivity index (χ0v) is 18.5. The van der Waals surface area contributed by atoms with Crippen LogP contribution in [-0.4, -0.2) is 36.7 Å². The number of thioether (sulfide) groups is 1. The highest BCUT2D eigenvalue weighted by atomic mass is 35.5. The maximum atomic E-state index is 12.4. The zero-order valence-electron chi connectivity index (χ0n) is 16.9. The van der Waals surface area contributed by atoms with E-state index < -0.39 is 0 Å². The van der Waals surface area contributed by atoms with Crippen LogP contribution in [0.5, 0.6) is 0 Å². The van der Waals surface area contributed by atoms with E-state index in [0.717, 1.165) is 28.1 Å². The zero-order chi connectivity index (χ0) is 22.0. The molecule has 0 atom stereocenters. The normalized spacial score (nSPS) is 10.9. The number of nitrogens with zero attached hydrogens (tertiary/aromatic N) is 4. The van der Waals surface area contributed by atoms with Crippen molar-refractivity contribution in [1.82, 2.24) is 25.1 Å². The number of hydrogen-bond acceptors (Lipinski definition) is 6. The van der Waals surface area contributed by atoms with Crippen LogP contribution >= 0.6 is 23.4 Å². The molecule has 10 heteroatoms. The molecular weight excluding hydrogens is 434 g/mol. The van der Waals surface area contributed by atoms with Crippen molar-refractivity contribution in [2.24, 2.45) is 0 Å². The average molecular weight is 454 g/mol. The number of hydrogen-bond donors (Lipinski definition) is 3. The lowest BCUT2D eigenvalue weighted by Gasteiger charge is -2.10. The Labute approximate surface area is 188 Å². The molecule has 0 saturated carbocycles. The molecule has 0 radical (unpaired) electrons. The van der Waals surface area contributed by atoms with Gasteiger partial charge in [0.1, 0.15) is 5.69 Å². The Morgan fingerprint density at radius 2 is 1.97 bits per heavy atom. The number of aromatic nitrogens is 5. The highest BCUT2D eigenvalue weighted by molar-refractivity contribution is 7.99. The van der Waals surface area contributed by atoms with Crippen molar-refractivity contribution in [2.75, 3.05) is 16.9 Å². The van der Waals surface area contributed by atoms with Gasteiger partial charge in [0.2, 0.25) is 16.9 Å². The molecule has 0 bridgehead atoms. The summed E-state index contributed by atoms with van der Waals surface area (Å²) in [6.45, 7) is 3.98. The van der Waals surface area contributed by atoms with Crippen LogP contribution in [0, 0.1) is 13.8 Å². The van der Waals surface area contributed by atoms with E-state index in [1.54, 1.807) is 12.1 Å². The number of nitrogen functional groups attached to an aromatic ring is 1. The third-order valence-electron chi connectivity index (χ3n) is 4.83. The van der Waals surface area contributed by atoms with Crippen LogP contribution < -0.4 is 11.2 Å². The molecule has 158 valence electrons. The second-order valence-corrected chi connectivity index (χ2v) is 8.31. The van der Waals surface area contributed by atoms with E-state index in [0.29, 0.717) is 21.7 Å². The number of amides is 1. The Morgan fingerprint density at radius 3 is 2.74 bits per heavy atom. The van der Waals surface area contributed by atoms with Crippen molar-refractivity contribution >= 4 is 35.0 Å². The number of rotatable bonds is 6. The molecule has 2 heterocycles. The van der Waals surface area contributed by atoms with Gasteiger partial charge in [-0.3, -0.25) is 9.89 Å². The Morgan fingerprint density at radius 1 is 1.19 bits per heavy atom. The summed E-state index contributed by atoms with van der Waals surface area (Å²) in [6.07, 6.45) is 0. The number of nitrogens with one attached hydrogen (secondary N) is 2. The smallest absolute Gasteiger partial charge is 0.234 e. The number of aryl methyl sites for hydroxylation is 1. The van der Waals surface area contributed by atoms with Crippen LogP contribution in [0.1, 0.15) is 11.1 Å². The summed E-state index contributed by atoms with van der Waals surface area (Å²) >= 11 is 7.15. The van der Waals surface area contributed by atoms with Crippen LogP contribution in [0.15, 0.2) is 53.7 Å². The van der Waals surface area contributed by atoms with Gasteiger partial charge in [-0.2, -0.15) is 5.10 Å². The van der Waals surface area contributed by atoms with Crippen molar-refractivity contribution < 1.29 is 4.79 Å². The number of aromatic amines is 1. The van der Waals surface area contributed by atoms with E-state index in [1.807, 2.05) is 50.2 Å². The minimum Gasteiger partial charge on any atom is -0.335 e. The molecule has 4 rings (SSSR count). The first-order valence-electron chi connectivity index (χ1n) is 9.43. The van der Waals surface area contributed by atoms with Gasteiger partial charge in [0, 0.05) is 16.3 Å². The standard InChI is InChI=1S/C21H20ClN7OS/c1-12-4-3-5-16(13(12)2)24-19(30)11-31-21-28-27-20(29(21)23)18-10-17(25-26-18)14-6-8-15(22)9-7-14/h3-10H,11,23H2,1-2H3,(H,24,30)(H,25,26). The third-order valence-corrected chi connectivity index (χ3v) is 6.03. The summed E-state index contributed by atoms with van der Waals surface area (Å²) in [5, 5.41) is 19.5. The molecule has 0 spiro atoms. The predicted molar refractivity (Wildman–Crippen MR) is 123 cm³/mol. The van der Waals surface area contributed by atoms with Crippen LogP contribution in [0.2, 0.25) is 5.02 Å². The van der Waals surface area contributed by atoms with Gasteiger partial charge in [-0.15, -0.1) is 10.2 Å². The van der Waals surface area contributed by atoms with Gasteiger partial charge in [0.15, 0.2) is 0 Å². The largest absolute Gasteiger partial charge is 0.335 e. The van der Waals surface area contributed by atoms with Crippen LogP contribution in [-0.2, 0) is 4.79 Å². The van der Waals surface area contributed by atoms with E-state index in [-0.39, 0.29) is 11.7 Å². The van der Waals surface area contributed by atoms with Crippen LogP contribution in [0.25, 0.3) is 22.8 Å². The molecule has 0 aliphatic rings. The topological polar surface area (TPSA) is 115 Å². The van der Waals surface area contributed by atoms with Gasteiger partial charge in [0.05, 0.1) is 11.4 Å². The lowest BCUT2D eigenvalue weighted by molar-refractivity contribution is -0.113. The van der Waals surface area contributed by atoms with Crippen molar-refractivity contribution in [1.29, 1.82) is 0 Å². The van der Waals surface area contributed by atoms with Crippen molar-refractivity contribution in [3.05, 3.63) is 64.7 Å². The average Bonchev–Trinajstić information content (AvgIpc) is 3.37. The second-order valence-electron chi connectivity index (χ2n) is 6.93. The van der Waals surface area contributed by atoms with Gasteiger partial charge in [-0.25, -0.2) is 4.68 Å². The Kier molecular flexibility index (Phi) is 5.97. The molecule has 0 aliphatic carbocycles. The van der Waals surface area contributed by atoms with Crippen LogP contribution in [0.4, 0.5) is 5.69 Å². The SMILES string of the molecule is Cc1cccc(NC(=O)CSc2nnc(-c3cc(-c4ccc(Cl)cc4)n[nH]3)n2N)c1C. The number of halogens is 1. The fraction of sp³-hybridized carbons (Fsp3) is 0.143. The van der Waals surface area contributed by atoms with Gasteiger partial charge in [0.25, 0.3) is 0 Å². The summed E-state index contributed by atoms with van der Waals surface area (Å²) in [5.74, 6) is 6.59. The molecular formula is C21H20ClN7OS. The third kappa shape index (κ3) is 4.57. The molecule has 0 saturated heterocycles. The molecule has 31 heavy (non-hydrogen) atoms. The summed E-state index contributed by atoms with van der Waals surface area (Å²) in [5.41, 5.74) is 5.22. The van der Waals surface area contributed by atoms with E-state index in [4.69, 9.17) is 17.4 Å². The maximum Gasteiger partial charge on any atom is 0.234 e. The number of carbonyl (C=O) groups is 1. The molecule has 0 unspecified atom stereocenters. The molecule has 2 aromatic heterocycles. The van der Waals surface area contributed by atoms with E-state index in [1.165, 1.54) is 16.4 Å². The highest BCUT2D eigenvalue weighted by Gasteiger charge is 2.16. The van der Waals surface area contributed by atoms with Gasteiger partial charge in [-0.05, 0) is 49.2 Å². The Hall–Kier alpha value is -3.30. The Bertz CT molecular complexity index is 1230. The predicted octanol–water partition coefficient (Wildman–Crippen LogP) is 4.05. The first-order valence-corrected chi connectivity index (χ1v) is 10.8. The fourth-order valence-electron chi connectivity index (χ4n) is 2.97. The van der Waals surface area contributed by atoms with Gasteiger partial charge < -0.3 is 11.2 Å². The number of benzene rings is 2. The minimum atomic E-state index is -0.144. The molecule has 2 aromatic carbocycles. The van der Waals surface area contributed by atoms with E-state index in [9.17, 15) is 4.79 Å². The maximum absolute atomic E-state index is 12.4. The molecule has 0 aliphatic heterocycles.